The van der Waals surface area contributed by atoms with E-state index in [9.17, 15) is 28.5 Å². The second kappa shape index (κ2) is 38.2. The van der Waals surface area contributed by atoms with Crippen LogP contribution in [0.15, 0.2) is 11.8 Å². The van der Waals surface area contributed by atoms with Crippen LogP contribution in [0.5, 0.6) is 0 Å². The molecule has 0 saturated carbocycles. The zero-order chi connectivity index (χ0) is 36.4. The van der Waals surface area contributed by atoms with Gasteiger partial charge in [-0.25, -0.2) is 14.4 Å². The van der Waals surface area contributed by atoms with E-state index in [4.69, 9.17) is 18.1 Å². The fourth-order valence-corrected chi connectivity index (χ4v) is 3.49. The van der Waals surface area contributed by atoms with E-state index in [1.54, 1.807) is 41.5 Å². The quantitative estimate of drug-likeness (QED) is 0.0219. The Kier molecular flexibility index (Phi) is 46.1. The number of rotatable bonds is 16. The first-order valence-corrected chi connectivity index (χ1v) is 22.8. The SMILES string of the molecule is CC=C(OP(C)(C)=O)C(=O)OCC.CCOC(=O)C(=O)C(C)Br.CCOC(=O)C(=O)CC.CCOP(OCC)OCC.[Br][Cu][Br]. The van der Waals surface area contributed by atoms with E-state index in [2.05, 4.69) is 58.4 Å². The number of carbonyl (C=O) groups excluding carboxylic acids is 5. The van der Waals surface area contributed by atoms with E-state index in [0.29, 0.717) is 19.8 Å². The summed E-state index contributed by atoms with van der Waals surface area (Å²) in [5.41, 5.74) is 0. The molecule has 19 heteroatoms. The van der Waals surface area contributed by atoms with Gasteiger partial charge in [-0.15, -0.1) is 0 Å². The van der Waals surface area contributed by atoms with Crippen molar-refractivity contribution in [3.63, 3.8) is 0 Å². The summed E-state index contributed by atoms with van der Waals surface area (Å²) in [5, 5.41) is 0. The predicted molar refractivity (Wildman–Crippen MR) is 183 cm³/mol. The van der Waals surface area contributed by atoms with E-state index in [1.807, 2.05) is 20.8 Å². The molecule has 0 aliphatic carbocycles. The van der Waals surface area contributed by atoms with Crippen LogP contribution in [-0.4, -0.2) is 87.3 Å². The molecule has 0 saturated heterocycles. The average Bonchev–Trinajstić information content (AvgIpc) is 2.96. The number of ketones is 2. The van der Waals surface area contributed by atoms with Crippen molar-refractivity contribution in [1.29, 1.82) is 0 Å². The van der Waals surface area contributed by atoms with Crippen molar-refractivity contribution in [2.45, 2.75) is 73.6 Å². The number of ether oxygens (including phenoxy) is 3. The van der Waals surface area contributed by atoms with Crippen LogP contribution in [0.4, 0.5) is 0 Å². The summed E-state index contributed by atoms with van der Waals surface area (Å²) < 4.78 is 45.1. The molecule has 0 aromatic carbocycles. The Hall–Kier alpha value is -0.211. The summed E-state index contributed by atoms with van der Waals surface area (Å²) in [6.45, 7) is 21.2. The molecule has 0 fully saturated rings. The van der Waals surface area contributed by atoms with Gasteiger partial charge in [-0.3, -0.25) is 14.2 Å². The maximum atomic E-state index is 11.2. The molecule has 0 aromatic rings. The van der Waals surface area contributed by atoms with Crippen LogP contribution in [0.25, 0.3) is 0 Å². The van der Waals surface area contributed by atoms with Crippen molar-refractivity contribution >= 4 is 89.6 Å². The molecule has 0 spiro atoms. The zero-order valence-electron chi connectivity index (χ0n) is 27.7. The number of alkyl halides is 1. The van der Waals surface area contributed by atoms with E-state index in [-0.39, 0.29) is 32.0 Å². The van der Waals surface area contributed by atoms with Crippen molar-refractivity contribution in [3.8, 4) is 0 Å². The molecule has 1 unspecified atom stereocenters. The molecule has 0 radical (unpaired) electrons. The van der Waals surface area contributed by atoms with Crippen molar-refractivity contribution in [3.05, 3.63) is 11.8 Å². The Labute approximate surface area is 298 Å². The molecule has 0 aliphatic heterocycles. The summed E-state index contributed by atoms with van der Waals surface area (Å²) >= 11 is 10.3. The number of Topliss-reactive ketones (excluding diaryl/α,β-unsaturated/α-hetero) is 2. The number of esters is 3. The van der Waals surface area contributed by atoms with Crippen LogP contribution in [0.3, 0.4) is 0 Å². The predicted octanol–water partition coefficient (Wildman–Crippen LogP) is 7.45. The van der Waals surface area contributed by atoms with Crippen LogP contribution in [0, 0.1) is 0 Å². The topological polar surface area (TPSA) is 167 Å². The fraction of sp³-hybridized carbons (Fsp3) is 0.731. The summed E-state index contributed by atoms with van der Waals surface area (Å²) in [6.07, 6.45) is 1.66. The van der Waals surface area contributed by atoms with Crippen LogP contribution in [-0.2, 0) is 72.2 Å². The van der Waals surface area contributed by atoms with Gasteiger partial charge in [0, 0.05) is 19.8 Å². The zero-order valence-corrected chi connectivity index (χ0v) is 35.2. The average molecular weight is 935 g/mol. The van der Waals surface area contributed by atoms with Gasteiger partial charge in [0.05, 0.1) is 44.5 Å². The first-order chi connectivity index (χ1) is 21.0. The molecular weight excluding hydrogens is 885 g/mol. The third-order valence-electron chi connectivity index (χ3n) is 3.42. The molecule has 0 heterocycles. The van der Waals surface area contributed by atoms with Gasteiger partial charge in [0.1, 0.15) is 0 Å². The van der Waals surface area contributed by atoms with E-state index in [1.165, 1.54) is 30.7 Å². The van der Waals surface area contributed by atoms with Crippen molar-refractivity contribution in [1.82, 2.24) is 0 Å². The summed E-state index contributed by atoms with van der Waals surface area (Å²) in [4.78, 5) is 52.8. The first-order valence-electron chi connectivity index (χ1n) is 13.6. The minimum absolute atomic E-state index is 0.00943. The summed E-state index contributed by atoms with van der Waals surface area (Å²) in [7, 11) is -3.75. The van der Waals surface area contributed by atoms with E-state index in [0.717, 1.165) is 0 Å². The van der Waals surface area contributed by atoms with Crippen LogP contribution in [0.1, 0.15) is 68.7 Å². The number of halogens is 3. The molecule has 0 rings (SSSR count). The molecule has 13 nitrogen and oxygen atoms in total. The van der Waals surface area contributed by atoms with Gasteiger partial charge in [0.2, 0.25) is 18.9 Å². The number of hydrogen-bond donors (Lipinski definition) is 0. The fourth-order valence-electron chi connectivity index (χ4n) is 1.80. The standard InChI is InChI=1S/C8H15O4P.C6H9BrO3.C6H15O3P.C6H10O3.2BrH.Cu/c1-5-7(8(9)11-6-2)12-13(3,4)10;1-3-10-6(9)5(8)4(2)7;1-4-7-10(8-5-2)9-6-3;1-3-5(7)6(8)9-4-2;;;/h5H,6H2,1-4H3;4H,3H2,1-2H3;4-6H2,1-3H3;3-4H2,1-2H3;2*1H;/q;;;;;;+2/p-2. The Morgan fingerprint density at radius 3 is 1.36 bits per heavy atom. The third-order valence-corrected chi connectivity index (χ3v) is 5.88. The Morgan fingerprint density at radius 1 is 0.733 bits per heavy atom. The molecule has 0 bridgehead atoms. The number of allylic oxidation sites excluding steroid dienone is 1. The molecule has 273 valence electrons. The van der Waals surface area contributed by atoms with Gasteiger partial charge in [-0.1, -0.05) is 22.9 Å². The molecule has 0 N–H and O–H groups in total. The maximum absolute atomic E-state index is 11.2. The van der Waals surface area contributed by atoms with Gasteiger partial charge in [0.25, 0.3) is 5.78 Å². The van der Waals surface area contributed by atoms with Gasteiger partial charge in [-0.05, 0) is 61.5 Å². The molecule has 0 aromatic heterocycles. The van der Waals surface area contributed by atoms with Crippen LogP contribution >= 0.6 is 60.1 Å². The van der Waals surface area contributed by atoms with Crippen molar-refractivity contribution in [2.24, 2.45) is 0 Å². The minimum atomic E-state index is -2.69. The molecular formula is C26H49Br3CuO13P2. The van der Waals surface area contributed by atoms with Gasteiger partial charge >= 0.3 is 66.1 Å². The van der Waals surface area contributed by atoms with Gasteiger partial charge < -0.3 is 32.3 Å². The van der Waals surface area contributed by atoms with E-state index < -0.39 is 50.3 Å². The van der Waals surface area contributed by atoms with Crippen LogP contribution < -0.4 is 0 Å². The van der Waals surface area contributed by atoms with Crippen molar-refractivity contribution < 1.29 is 72.2 Å². The molecule has 0 amide bonds. The second-order valence-electron chi connectivity index (χ2n) is 7.43. The molecule has 1 atom stereocenters. The third kappa shape index (κ3) is 41.8. The second-order valence-corrected chi connectivity index (χ2v) is 17.5. The first kappa shape index (κ1) is 54.2. The summed E-state index contributed by atoms with van der Waals surface area (Å²) in [6, 6.07) is 0. The van der Waals surface area contributed by atoms with E-state index >= 15 is 0 Å². The Morgan fingerprint density at radius 2 is 1.09 bits per heavy atom. The Balaban J connectivity index is -0.000000155. The molecule has 0 aliphatic rings. The van der Waals surface area contributed by atoms with Crippen molar-refractivity contribution in [2.75, 3.05) is 53.0 Å². The molecule has 45 heavy (non-hydrogen) atoms. The van der Waals surface area contributed by atoms with Gasteiger partial charge in [0.15, 0.2) is 0 Å². The normalized spacial score (nSPS) is 11.0. The van der Waals surface area contributed by atoms with Crippen LogP contribution in [0.2, 0.25) is 0 Å². The number of hydrogen-bond acceptors (Lipinski definition) is 13. The number of carbonyl (C=O) groups is 5. The Bertz CT molecular complexity index is 859. The monoisotopic (exact) mass is 931 g/mol. The summed E-state index contributed by atoms with van der Waals surface area (Å²) in [5.74, 6) is -3.06. The van der Waals surface area contributed by atoms with Gasteiger partial charge in [-0.2, -0.15) is 0 Å².